The molecule has 1 unspecified atom stereocenters. The molecule has 0 saturated heterocycles. The van der Waals surface area contributed by atoms with Gasteiger partial charge in [0.1, 0.15) is 5.75 Å². The smallest absolute Gasteiger partial charge is 0.147 e. The van der Waals surface area contributed by atoms with Gasteiger partial charge in [0.25, 0.3) is 0 Å². The Morgan fingerprint density at radius 2 is 1.88 bits per heavy atom. The molecule has 1 aromatic carbocycles. The normalized spacial score (nSPS) is 12.6. The Morgan fingerprint density at radius 3 is 2.31 bits per heavy atom. The first-order valence-electron chi connectivity index (χ1n) is 5.39. The fourth-order valence-electron chi connectivity index (χ4n) is 1.21. The van der Waals surface area contributed by atoms with Crippen LogP contribution < -0.4 is 10.5 Å². The molecule has 0 saturated carbocycles. The molecule has 0 bridgehead atoms. The Kier molecular flexibility index (Phi) is 5.79. The molecule has 0 heterocycles. The van der Waals surface area contributed by atoms with Crippen molar-refractivity contribution in [1.82, 2.24) is 0 Å². The molecule has 0 amide bonds. The second-order valence-electron chi connectivity index (χ2n) is 3.92. The summed E-state index contributed by atoms with van der Waals surface area (Å²) < 4.78 is 7.68. The Bertz CT molecular complexity index is 332. The van der Waals surface area contributed by atoms with E-state index in [-0.39, 0.29) is 0 Å². The Hall–Kier alpha value is -0.0600. The molecule has 2 N–H and O–H groups in total. The number of hydrogen-bond donors (Lipinski definition) is 1. The summed E-state index contributed by atoms with van der Waals surface area (Å²) >= 11 is 7.00. The van der Waals surface area contributed by atoms with Crippen molar-refractivity contribution in [1.29, 1.82) is 0 Å². The molecule has 0 radical (unpaired) electrons. The van der Waals surface area contributed by atoms with Gasteiger partial charge in [-0.1, -0.05) is 20.3 Å². The summed E-state index contributed by atoms with van der Waals surface area (Å²) in [6.07, 6.45) is 1.12. The van der Waals surface area contributed by atoms with E-state index in [2.05, 4.69) is 45.7 Å². The monoisotopic (exact) mass is 349 g/mol. The van der Waals surface area contributed by atoms with E-state index in [9.17, 15) is 0 Å². The molecule has 0 spiro atoms. The molecule has 0 aliphatic heterocycles. The Balaban J connectivity index is 2.80. The van der Waals surface area contributed by atoms with Crippen molar-refractivity contribution in [2.24, 2.45) is 11.7 Å². The fraction of sp³-hybridized carbons (Fsp3) is 0.500. The summed E-state index contributed by atoms with van der Waals surface area (Å²) in [5.41, 5.74) is 6.68. The number of benzene rings is 1. The second kappa shape index (κ2) is 6.62. The zero-order chi connectivity index (χ0) is 12.1. The topological polar surface area (TPSA) is 35.2 Å². The first-order valence-corrected chi connectivity index (χ1v) is 6.97. The summed E-state index contributed by atoms with van der Waals surface area (Å²) in [6.45, 7) is 5.60. The zero-order valence-corrected chi connectivity index (χ0v) is 12.8. The molecule has 1 aromatic rings. The molecule has 0 fully saturated rings. The van der Waals surface area contributed by atoms with Gasteiger partial charge < -0.3 is 10.5 Å². The third-order valence-corrected chi connectivity index (χ3v) is 3.68. The van der Waals surface area contributed by atoms with Crippen LogP contribution in [0.15, 0.2) is 21.1 Å². The van der Waals surface area contributed by atoms with Crippen molar-refractivity contribution in [3.05, 3.63) is 26.6 Å². The molecular weight excluding hydrogens is 334 g/mol. The summed E-state index contributed by atoms with van der Waals surface area (Å²) in [4.78, 5) is 0. The van der Waals surface area contributed by atoms with Crippen molar-refractivity contribution >= 4 is 31.9 Å². The van der Waals surface area contributed by atoms with Crippen molar-refractivity contribution < 1.29 is 4.74 Å². The van der Waals surface area contributed by atoms with Crippen LogP contribution in [0.1, 0.15) is 25.8 Å². The number of hydrogen-bond acceptors (Lipinski definition) is 2. The van der Waals surface area contributed by atoms with Crippen LogP contribution in [0.3, 0.4) is 0 Å². The zero-order valence-electron chi connectivity index (χ0n) is 9.59. The highest BCUT2D eigenvalue weighted by Crippen LogP contribution is 2.35. The summed E-state index contributed by atoms with van der Waals surface area (Å²) in [7, 11) is 0. The van der Waals surface area contributed by atoms with E-state index in [1.54, 1.807) is 0 Å². The van der Waals surface area contributed by atoms with Gasteiger partial charge in [-0.15, -0.1) is 0 Å². The summed E-state index contributed by atoms with van der Waals surface area (Å²) in [5, 5.41) is 0. The highest BCUT2D eigenvalue weighted by atomic mass is 79.9. The Labute approximate surface area is 114 Å². The maximum atomic E-state index is 5.79. The average molecular weight is 351 g/mol. The first kappa shape index (κ1) is 14.0. The van der Waals surface area contributed by atoms with Gasteiger partial charge in [-0.2, -0.15) is 0 Å². The predicted molar refractivity (Wildman–Crippen MR) is 74.7 cm³/mol. The molecular formula is C12H17Br2NO. The van der Waals surface area contributed by atoms with Crippen molar-refractivity contribution in [3.8, 4) is 5.75 Å². The van der Waals surface area contributed by atoms with E-state index < -0.39 is 0 Å². The number of nitrogens with two attached hydrogens (primary N) is 1. The van der Waals surface area contributed by atoms with E-state index in [0.717, 1.165) is 33.3 Å². The molecule has 16 heavy (non-hydrogen) atoms. The maximum absolute atomic E-state index is 5.79. The largest absolute Gasteiger partial charge is 0.491 e. The Morgan fingerprint density at radius 1 is 1.31 bits per heavy atom. The van der Waals surface area contributed by atoms with E-state index >= 15 is 0 Å². The van der Waals surface area contributed by atoms with Gasteiger partial charge in [0.05, 0.1) is 15.6 Å². The van der Waals surface area contributed by atoms with Gasteiger partial charge in [-0.3, -0.25) is 0 Å². The lowest BCUT2D eigenvalue weighted by Crippen LogP contribution is -2.08. The van der Waals surface area contributed by atoms with E-state index in [1.807, 2.05) is 12.1 Å². The van der Waals surface area contributed by atoms with E-state index in [1.165, 1.54) is 0 Å². The van der Waals surface area contributed by atoms with Crippen LogP contribution in [-0.2, 0) is 6.54 Å². The third kappa shape index (κ3) is 3.75. The van der Waals surface area contributed by atoms with Crippen LogP contribution in [0, 0.1) is 5.92 Å². The lowest BCUT2D eigenvalue weighted by molar-refractivity contribution is 0.253. The van der Waals surface area contributed by atoms with Crippen LogP contribution in [-0.4, -0.2) is 6.61 Å². The lowest BCUT2D eigenvalue weighted by Gasteiger charge is -2.14. The van der Waals surface area contributed by atoms with Gasteiger partial charge in [0.2, 0.25) is 0 Å². The first-order chi connectivity index (χ1) is 7.58. The molecule has 0 aliphatic carbocycles. The lowest BCUT2D eigenvalue weighted by atomic mass is 10.1. The van der Waals surface area contributed by atoms with Gasteiger partial charge in [-0.05, 0) is 55.5 Å². The van der Waals surface area contributed by atoms with Crippen LogP contribution in [0.25, 0.3) is 0 Å². The highest BCUT2D eigenvalue weighted by Gasteiger charge is 2.09. The van der Waals surface area contributed by atoms with Gasteiger partial charge in [0, 0.05) is 6.54 Å². The minimum absolute atomic E-state index is 0.531. The predicted octanol–water partition coefficient (Wildman–Crippen LogP) is 4.10. The molecule has 0 aliphatic rings. The fourth-order valence-corrected chi connectivity index (χ4v) is 2.72. The van der Waals surface area contributed by atoms with Crippen LogP contribution in [0.4, 0.5) is 0 Å². The van der Waals surface area contributed by atoms with Crippen LogP contribution >= 0.6 is 31.9 Å². The molecule has 0 aromatic heterocycles. The van der Waals surface area contributed by atoms with Crippen molar-refractivity contribution in [3.63, 3.8) is 0 Å². The SMILES string of the molecule is CCC(C)COc1c(Br)cc(CN)cc1Br. The molecule has 90 valence electrons. The summed E-state index contributed by atoms with van der Waals surface area (Å²) in [6, 6.07) is 3.99. The standard InChI is InChI=1S/C12H17Br2NO/c1-3-8(2)7-16-12-10(13)4-9(6-15)5-11(12)14/h4-5,8H,3,6-7,15H2,1-2H3. The van der Waals surface area contributed by atoms with Crippen molar-refractivity contribution in [2.45, 2.75) is 26.8 Å². The highest BCUT2D eigenvalue weighted by molar-refractivity contribution is 9.11. The summed E-state index contributed by atoms with van der Waals surface area (Å²) in [5.74, 6) is 1.42. The molecule has 2 nitrogen and oxygen atoms in total. The molecule has 1 atom stereocenters. The van der Waals surface area contributed by atoms with Crippen molar-refractivity contribution in [2.75, 3.05) is 6.61 Å². The number of halogens is 2. The third-order valence-electron chi connectivity index (χ3n) is 2.50. The minimum atomic E-state index is 0.531. The maximum Gasteiger partial charge on any atom is 0.147 e. The number of ether oxygens (including phenoxy) is 1. The van der Waals surface area contributed by atoms with Gasteiger partial charge >= 0.3 is 0 Å². The van der Waals surface area contributed by atoms with Gasteiger partial charge in [-0.25, -0.2) is 0 Å². The minimum Gasteiger partial charge on any atom is -0.491 e. The second-order valence-corrected chi connectivity index (χ2v) is 5.63. The number of rotatable bonds is 5. The van der Waals surface area contributed by atoms with Crippen LogP contribution in [0.5, 0.6) is 5.75 Å². The van der Waals surface area contributed by atoms with E-state index in [4.69, 9.17) is 10.5 Å². The van der Waals surface area contributed by atoms with E-state index in [0.29, 0.717) is 12.5 Å². The van der Waals surface area contributed by atoms with Crippen LogP contribution in [0.2, 0.25) is 0 Å². The quantitative estimate of drug-likeness (QED) is 0.867. The molecule has 1 rings (SSSR count). The average Bonchev–Trinajstić information content (AvgIpc) is 2.27. The van der Waals surface area contributed by atoms with Gasteiger partial charge in [0.15, 0.2) is 0 Å². The molecule has 4 heteroatoms.